The standard InChI is InChI=1S/C22H32N2O2/c25-21(19-10-4-1-5-11-19)24-22(14-8-3-9-15-22)18-23-16-17-26-20-12-6-2-7-13-20/h1-2,4,6-7,12-13,19,23H,3,5,8-11,14-18H2,(H,24,25). The summed E-state index contributed by atoms with van der Waals surface area (Å²) in [7, 11) is 0. The first kappa shape index (κ1) is 19.0. The molecule has 2 N–H and O–H groups in total. The van der Waals surface area contributed by atoms with Crippen molar-refractivity contribution in [2.45, 2.75) is 56.9 Å². The summed E-state index contributed by atoms with van der Waals surface area (Å²) in [5.74, 6) is 1.30. The summed E-state index contributed by atoms with van der Waals surface area (Å²) in [5, 5.41) is 6.96. The first-order chi connectivity index (χ1) is 12.8. The lowest BCUT2D eigenvalue weighted by Gasteiger charge is -2.39. The Kier molecular flexibility index (Phi) is 7.13. The van der Waals surface area contributed by atoms with Gasteiger partial charge >= 0.3 is 0 Å². The van der Waals surface area contributed by atoms with E-state index in [1.165, 1.54) is 19.3 Å². The maximum Gasteiger partial charge on any atom is 0.223 e. The maximum atomic E-state index is 12.7. The van der Waals surface area contributed by atoms with Crippen molar-refractivity contribution in [3.8, 4) is 5.75 Å². The maximum absolute atomic E-state index is 12.7. The summed E-state index contributed by atoms with van der Waals surface area (Å²) in [6.45, 7) is 2.26. The normalized spacial score (nSPS) is 21.9. The van der Waals surface area contributed by atoms with Gasteiger partial charge in [0.05, 0.1) is 5.54 Å². The van der Waals surface area contributed by atoms with Crippen molar-refractivity contribution in [2.24, 2.45) is 5.92 Å². The fourth-order valence-electron chi connectivity index (χ4n) is 4.06. The van der Waals surface area contributed by atoms with Crippen molar-refractivity contribution in [1.29, 1.82) is 0 Å². The number of hydrogen-bond acceptors (Lipinski definition) is 3. The minimum absolute atomic E-state index is 0.0801. The van der Waals surface area contributed by atoms with Crippen molar-refractivity contribution >= 4 is 5.91 Å². The van der Waals surface area contributed by atoms with E-state index in [1.807, 2.05) is 30.3 Å². The lowest BCUT2D eigenvalue weighted by Crippen LogP contribution is -2.57. The Morgan fingerprint density at radius 2 is 1.92 bits per heavy atom. The van der Waals surface area contributed by atoms with Crippen molar-refractivity contribution in [2.75, 3.05) is 19.7 Å². The second kappa shape index (κ2) is 9.77. The van der Waals surface area contributed by atoms with Crippen molar-refractivity contribution in [3.05, 3.63) is 42.5 Å². The Balaban J connectivity index is 1.45. The average Bonchev–Trinajstić information content (AvgIpc) is 2.70. The predicted octanol–water partition coefficient (Wildman–Crippen LogP) is 3.83. The number of hydrogen-bond donors (Lipinski definition) is 2. The molecule has 0 aliphatic heterocycles. The quantitative estimate of drug-likeness (QED) is 0.550. The molecule has 0 heterocycles. The molecule has 1 saturated carbocycles. The highest BCUT2D eigenvalue weighted by Crippen LogP contribution is 2.29. The lowest BCUT2D eigenvalue weighted by molar-refractivity contribution is -0.127. The zero-order valence-corrected chi connectivity index (χ0v) is 15.7. The van der Waals surface area contributed by atoms with E-state index in [0.717, 1.165) is 50.9 Å². The Bertz CT molecular complexity index is 579. The van der Waals surface area contributed by atoms with Crippen LogP contribution in [0.2, 0.25) is 0 Å². The Morgan fingerprint density at radius 3 is 2.65 bits per heavy atom. The highest BCUT2D eigenvalue weighted by atomic mass is 16.5. The topological polar surface area (TPSA) is 50.4 Å². The van der Waals surface area contributed by atoms with Crippen LogP contribution in [0.5, 0.6) is 5.75 Å². The van der Waals surface area contributed by atoms with Gasteiger partial charge in [-0.2, -0.15) is 0 Å². The van der Waals surface area contributed by atoms with E-state index in [0.29, 0.717) is 6.61 Å². The van der Waals surface area contributed by atoms with Gasteiger partial charge in [0.2, 0.25) is 5.91 Å². The monoisotopic (exact) mass is 356 g/mol. The molecule has 0 saturated heterocycles. The van der Waals surface area contributed by atoms with Crippen LogP contribution in [-0.2, 0) is 4.79 Å². The zero-order valence-electron chi connectivity index (χ0n) is 15.7. The third kappa shape index (κ3) is 5.60. The van der Waals surface area contributed by atoms with E-state index in [1.54, 1.807) is 0 Å². The van der Waals surface area contributed by atoms with Crippen molar-refractivity contribution in [3.63, 3.8) is 0 Å². The van der Waals surface area contributed by atoms with Crippen LogP contribution in [0, 0.1) is 5.92 Å². The SMILES string of the molecule is O=C(NC1(CNCCOc2ccccc2)CCCCC1)C1CC=CCC1. The highest BCUT2D eigenvalue weighted by Gasteiger charge is 2.34. The summed E-state index contributed by atoms with van der Waals surface area (Å²) >= 11 is 0. The van der Waals surface area contributed by atoms with Gasteiger partial charge in [0.15, 0.2) is 0 Å². The zero-order chi connectivity index (χ0) is 18.1. The highest BCUT2D eigenvalue weighted by molar-refractivity contribution is 5.79. The van der Waals surface area contributed by atoms with Gasteiger partial charge in [-0.1, -0.05) is 49.6 Å². The second-order valence-electron chi connectivity index (χ2n) is 7.65. The number of carbonyl (C=O) groups is 1. The molecule has 142 valence electrons. The average molecular weight is 357 g/mol. The van der Waals surface area contributed by atoms with Crippen LogP contribution in [0.1, 0.15) is 51.4 Å². The molecule has 2 aliphatic rings. The molecule has 1 fully saturated rings. The van der Waals surface area contributed by atoms with E-state index in [-0.39, 0.29) is 17.4 Å². The van der Waals surface area contributed by atoms with Gasteiger partial charge in [-0.3, -0.25) is 4.79 Å². The van der Waals surface area contributed by atoms with Crippen molar-refractivity contribution < 1.29 is 9.53 Å². The van der Waals surface area contributed by atoms with Crippen LogP contribution in [0.4, 0.5) is 0 Å². The minimum Gasteiger partial charge on any atom is -0.492 e. The Labute approximate surface area is 157 Å². The van der Waals surface area contributed by atoms with Gasteiger partial charge < -0.3 is 15.4 Å². The van der Waals surface area contributed by atoms with Crippen LogP contribution in [0.3, 0.4) is 0 Å². The number of amides is 1. The number of allylic oxidation sites excluding steroid dienone is 2. The molecular weight excluding hydrogens is 324 g/mol. The van der Waals surface area contributed by atoms with Crippen LogP contribution in [-0.4, -0.2) is 31.1 Å². The van der Waals surface area contributed by atoms with E-state index < -0.39 is 0 Å². The fourth-order valence-corrected chi connectivity index (χ4v) is 4.06. The van der Waals surface area contributed by atoms with Gasteiger partial charge in [-0.15, -0.1) is 0 Å². The van der Waals surface area contributed by atoms with Crippen LogP contribution in [0.15, 0.2) is 42.5 Å². The summed E-state index contributed by atoms with van der Waals surface area (Å²) in [6, 6.07) is 9.90. The van der Waals surface area contributed by atoms with Gasteiger partial charge in [0, 0.05) is 19.0 Å². The summed E-state index contributed by atoms with van der Waals surface area (Å²) < 4.78 is 5.75. The summed E-state index contributed by atoms with van der Waals surface area (Å²) in [5.41, 5.74) is -0.0801. The molecule has 0 spiro atoms. The molecule has 4 heteroatoms. The molecule has 4 nitrogen and oxygen atoms in total. The Hall–Kier alpha value is -1.81. The largest absolute Gasteiger partial charge is 0.492 e. The van der Waals surface area contributed by atoms with Gasteiger partial charge in [-0.05, 0) is 44.2 Å². The first-order valence-corrected chi connectivity index (χ1v) is 10.1. The molecule has 1 aromatic rings. The van der Waals surface area contributed by atoms with E-state index in [4.69, 9.17) is 4.74 Å². The fraction of sp³-hybridized carbons (Fsp3) is 0.591. The molecule has 3 rings (SSSR count). The van der Waals surface area contributed by atoms with Crippen molar-refractivity contribution in [1.82, 2.24) is 10.6 Å². The molecule has 0 bridgehead atoms. The number of ether oxygens (including phenoxy) is 1. The Morgan fingerprint density at radius 1 is 1.12 bits per heavy atom. The first-order valence-electron chi connectivity index (χ1n) is 10.1. The molecule has 1 unspecified atom stereocenters. The van der Waals surface area contributed by atoms with E-state index in [9.17, 15) is 4.79 Å². The molecule has 26 heavy (non-hydrogen) atoms. The van der Waals surface area contributed by atoms with Crippen LogP contribution in [0.25, 0.3) is 0 Å². The predicted molar refractivity (Wildman–Crippen MR) is 105 cm³/mol. The summed E-state index contributed by atoms with van der Waals surface area (Å²) in [6.07, 6.45) is 13.1. The molecule has 1 aromatic carbocycles. The number of rotatable bonds is 8. The molecule has 0 aromatic heterocycles. The molecular formula is C22H32N2O2. The van der Waals surface area contributed by atoms with Crippen LogP contribution < -0.4 is 15.4 Å². The van der Waals surface area contributed by atoms with Gasteiger partial charge in [0.25, 0.3) is 0 Å². The third-order valence-corrected chi connectivity index (χ3v) is 5.59. The number of para-hydroxylation sites is 1. The smallest absolute Gasteiger partial charge is 0.223 e. The lowest BCUT2D eigenvalue weighted by atomic mass is 9.80. The number of carbonyl (C=O) groups excluding carboxylic acids is 1. The van der Waals surface area contributed by atoms with Gasteiger partial charge in [0.1, 0.15) is 12.4 Å². The molecule has 1 atom stereocenters. The number of nitrogens with one attached hydrogen (secondary N) is 2. The molecule has 2 aliphatic carbocycles. The summed E-state index contributed by atoms with van der Waals surface area (Å²) in [4.78, 5) is 12.7. The third-order valence-electron chi connectivity index (χ3n) is 5.59. The second-order valence-corrected chi connectivity index (χ2v) is 7.65. The van der Waals surface area contributed by atoms with Crippen LogP contribution >= 0.6 is 0 Å². The van der Waals surface area contributed by atoms with Gasteiger partial charge in [-0.25, -0.2) is 0 Å². The minimum atomic E-state index is -0.0801. The number of benzene rings is 1. The van der Waals surface area contributed by atoms with E-state index in [2.05, 4.69) is 22.8 Å². The molecule has 0 radical (unpaired) electrons. The molecule has 1 amide bonds. The van der Waals surface area contributed by atoms with E-state index >= 15 is 0 Å².